The van der Waals surface area contributed by atoms with Crippen LogP contribution >= 0.6 is 0 Å². The molecule has 0 radical (unpaired) electrons. The fourth-order valence-corrected chi connectivity index (χ4v) is 31.5. The van der Waals surface area contributed by atoms with Crippen LogP contribution in [0.1, 0.15) is 130 Å². The minimum absolute atomic E-state index is 0.962. The first-order chi connectivity index (χ1) is 17.5. The van der Waals surface area contributed by atoms with Gasteiger partial charge in [-0.2, -0.15) is 0 Å². The molecule has 0 aromatic carbocycles. The number of rotatable bonds is 18. The zero-order valence-corrected chi connectivity index (χ0v) is 30.6. The van der Waals surface area contributed by atoms with Crippen LogP contribution in [0.3, 0.4) is 0 Å². The molecule has 0 saturated carbocycles. The van der Waals surface area contributed by atoms with Crippen LogP contribution in [-0.4, -0.2) is 41.7 Å². The third-order valence-electron chi connectivity index (χ3n) is 7.74. The molecule has 1 rings (SSSR count). The van der Waals surface area contributed by atoms with Crippen molar-refractivity contribution in [1.29, 1.82) is 0 Å². The van der Waals surface area contributed by atoms with E-state index in [0.717, 1.165) is 11.3 Å². The van der Waals surface area contributed by atoms with Gasteiger partial charge in [0.15, 0.2) is 0 Å². The normalized spacial score (nSPS) is 11.5. The van der Waals surface area contributed by atoms with Crippen molar-refractivity contribution in [2.24, 2.45) is 0 Å². The molecular weight excluding hydrogens is 648 g/mol. The Balaban J connectivity index is 3.15. The quantitative estimate of drug-likeness (QED) is 0.110. The molecule has 36 heavy (non-hydrogen) atoms. The van der Waals surface area contributed by atoms with Gasteiger partial charge in [0.2, 0.25) is 0 Å². The van der Waals surface area contributed by atoms with Crippen LogP contribution in [0.2, 0.25) is 26.6 Å². The summed E-state index contributed by atoms with van der Waals surface area (Å²) in [4.78, 5) is 4.79. The molecule has 0 unspecified atom stereocenters. The molecule has 1 nitrogen and oxygen atoms in total. The molecule has 0 saturated heterocycles. The summed E-state index contributed by atoms with van der Waals surface area (Å²) in [6.45, 7) is 14.0. The Morgan fingerprint density at radius 3 is 1.19 bits per heavy atom. The standard InChI is InChI=1S/C9H3N.6C4H9.2Sn/c1-3-8-5-6-9(4-2)10-7-8;6*1-3-4-2;;/h5-7H;6*1,3-4H2,2H3;;. The third kappa shape index (κ3) is 13.6. The van der Waals surface area contributed by atoms with Crippen LogP contribution < -0.4 is 0 Å². The molecular formula is C33H57NSn2. The average Bonchev–Trinajstić information content (AvgIpc) is 2.92. The fraction of sp³-hybridized carbons (Fsp3) is 0.727. The SMILES string of the molecule is CCC[CH2][Sn]([C]#Cc1ccc(C#[C][Sn]([CH2]CCC)([CH2]CCC)[CH2]CCC)nc1)([CH2]CCC)[CH2]CCC. The number of hydrogen-bond acceptors (Lipinski definition) is 1. The number of unbranched alkanes of at least 4 members (excludes halogenated alkanes) is 6. The van der Waals surface area contributed by atoms with Crippen molar-refractivity contribution in [3.8, 4) is 19.7 Å². The summed E-state index contributed by atoms with van der Waals surface area (Å²) in [5, 5.41) is 0. The van der Waals surface area contributed by atoms with Gasteiger partial charge >= 0.3 is 236 Å². The van der Waals surface area contributed by atoms with Gasteiger partial charge < -0.3 is 0 Å². The van der Waals surface area contributed by atoms with Gasteiger partial charge in [-0.3, -0.25) is 0 Å². The van der Waals surface area contributed by atoms with Crippen molar-refractivity contribution in [1.82, 2.24) is 4.98 Å². The third-order valence-corrected chi connectivity index (χ3v) is 33.9. The van der Waals surface area contributed by atoms with Gasteiger partial charge in [-0.15, -0.1) is 0 Å². The molecule has 0 fully saturated rings. The van der Waals surface area contributed by atoms with Crippen molar-refractivity contribution >= 4 is 36.8 Å². The number of aromatic nitrogens is 1. The van der Waals surface area contributed by atoms with E-state index in [0.29, 0.717) is 0 Å². The molecule has 0 bridgehead atoms. The zero-order chi connectivity index (χ0) is 26.5. The van der Waals surface area contributed by atoms with Gasteiger partial charge in [-0.25, -0.2) is 0 Å². The first-order valence-electron chi connectivity index (χ1n) is 15.5. The summed E-state index contributed by atoms with van der Waals surface area (Å²) in [6.07, 6.45) is 18.0. The summed E-state index contributed by atoms with van der Waals surface area (Å²) >= 11 is -4.85. The predicted octanol–water partition coefficient (Wildman–Crippen LogP) is 10.6. The molecule has 1 aromatic rings. The molecule has 0 atom stereocenters. The molecule has 3 heteroatoms. The first-order valence-corrected chi connectivity index (χ1v) is 30.5. The average molecular weight is 705 g/mol. The molecule has 0 amide bonds. The van der Waals surface area contributed by atoms with E-state index < -0.39 is 36.8 Å². The number of nitrogens with zero attached hydrogens (tertiary/aromatic N) is 1. The molecule has 0 spiro atoms. The zero-order valence-electron chi connectivity index (χ0n) is 24.9. The van der Waals surface area contributed by atoms with Crippen LogP contribution in [0.4, 0.5) is 0 Å². The van der Waals surface area contributed by atoms with E-state index >= 15 is 0 Å². The second-order valence-corrected chi connectivity index (χ2v) is 35.7. The topological polar surface area (TPSA) is 12.9 Å². The summed E-state index contributed by atoms with van der Waals surface area (Å²) in [6, 6.07) is 4.34. The Hall–Kier alpha value is -0.133. The van der Waals surface area contributed by atoms with E-state index in [1.807, 2.05) is 6.20 Å². The second-order valence-electron chi connectivity index (χ2n) is 11.1. The molecule has 1 heterocycles. The Morgan fingerprint density at radius 1 is 0.528 bits per heavy atom. The number of pyridine rings is 1. The molecule has 0 aliphatic heterocycles. The minimum atomic E-state index is -2.43. The van der Waals surface area contributed by atoms with Crippen LogP contribution in [0.25, 0.3) is 0 Å². The van der Waals surface area contributed by atoms with Crippen molar-refractivity contribution in [2.45, 2.75) is 145 Å². The van der Waals surface area contributed by atoms with E-state index in [1.54, 1.807) is 0 Å². The van der Waals surface area contributed by atoms with Crippen LogP contribution in [0.5, 0.6) is 0 Å². The summed E-state index contributed by atoms with van der Waals surface area (Å²) in [5.74, 6) is 7.23. The maximum absolute atomic E-state index is 4.79. The van der Waals surface area contributed by atoms with Crippen LogP contribution in [0.15, 0.2) is 18.3 Å². The van der Waals surface area contributed by atoms with Crippen molar-refractivity contribution in [3.05, 3.63) is 29.6 Å². The second kappa shape index (κ2) is 20.8. The Kier molecular flexibility index (Phi) is 19.6. The Morgan fingerprint density at radius 2 is 0.889 bits per heavy atom. The molecule has 1 aromatic heterocycles. The van der Waals surface area contributed by atoms with Crippen molar-refractivity contribution in [3.63, 3.8) is 0 Å². The summed E-state index contributed by atoms with van der Waals surface area (Å²) < 4.78 is 16.6. The number of hydrogen-bond donors (Lipinski definition) is 0. The summed E-state index contributed by atoms with van der Waals surface area (Å²) in [5.41, 5.74) is 2.06. The van der Waals surface area contributed by atoms with E-state index in [9.17, 15) is 0 Å². The van der Waals surface area contributed by atoms with Crippen molar-refractivity contribution in [2.75, 3.05) is 0 Å². The van der Waals surface area contributed by atoms with Crippen LogP contribution in [-0.2, 0) is 0 Å². The molecule has 202 valence electrons. The van der Waals surface area contributed by atoms with E-state index in [1.165, 1.54) is 104 Å². The van der Waals surface area contributed by atoms with Gasteiger partial charge in [-0.05, 0) is 0 Å². The molecule has 0 aliphatic carbocycles. The Bertz CT molecular complexity index is 694. The van der Waals surface area contributed by atoms with Gasteiger partial charge in [0.05, 0.1) is 0 Å². The predicted molar refractivity (Wildman–Crippen MR) is 168 cm³/mol. The molecule has 0 aliphatic rings. The van der Waals surface area contributed by atoms with Gasteiger partial charge in [-0.1, -0.05) is 0 Å². The van der Waals surface area contributed by atoms with E-state index in [2.05, 4.69) is 73.4 Å². The first kappa shape index (κ1) is 33.9. The van der Waals surface area contributed by atoms with E-state index in [4.69, 9.17) is 4.98 Å². The van der Waals surface area contributed by atoms with Crippen molar-refractivity contribution < 1.29 is 0 Å². The van der Waals surface area contributed by atoms with Gasteiger partial charge in [0.1, 0.15) is 0 Å². The van der Waals surface area contributed by atoms with Gasteiger partial charge in [0.25, 0.3) is 0 Å². The monoisotopic (exact) mass is 707 g/mol. The van der Waals surface area contributed by atoms with Gasteiger partial charge in [0, 0.05) is 0 Å². The fourth-order valence-electron chi connectivity index (χ4n) is 5.16. The maximum atomic E-state index is 4.79. The van der Waals surface area contributed by atoms with E-state index in [-0.39, 0.29) is 0 Å². The molecule has 0 N–H and O–H groups in total. The summed E-state index contributed by atoms with van der Waals surface area (Å²) in [7, 11) is 0. The van der Waals surface area contributed by atoms with Crippen LogP contribution in [0, 0.1) is 19.7 Å². The Labute approximate surface area is 234 Å².